The van der Waals surface area contributed by atoms with Gasteiger partial charge in [0.1, 0.15) is 23.9 Å². The normalized spacial score (nSPS) is 10.2. The molecule has 0 aromatic heterocycles. The van der Waals surface area contributed by atoms with Gasteiger partial charge >= 0.3 is 0 Å². The third-order valence-corrected chi connectivity index (χ3v) is 2.52. The number of rotatable bonds is 3. The van der Waals surface area contributed by atoms with Gasteiger partial charge in [-0.3, -0.25) is 0 Å². The molecule has 0 amide bonds. The number of hydrogen-bond donors (Lipinski definition) is 1. The third kappa shape index (κ3) is 2.97. The average Bonchev–Trinajstić information content (AvgIpc) is 2.28. The van der Waals surface area contributed by atoms with Gasteiger partial charge in [-0.1, -0.05) is 12.1 Å². The topological polar surface area (TPSA) is 29.5 Å². The lowest BCUT2D eigenvalue weighted by atomic mass is 10.1. The lowest BCUT2D eigenvalue weighted by Crippen LogP contribution is -1.98. The van der Waals surface area contributed by atoms with Crippen LogP contribution in [-0.2, 0) is 6.61 Å². The SMILES string of the molecule is Cc1cc(F)ccc1COc1cccc(O)c1. The number of ether oxygens (including phenoxy) is 1. The van der Waals surface area contributed by atoms with E-state index in [4.69, 9.17) is 4.74 Å². The average molecular weight is 232 g/mol. The summed E-state index contributed by atoms with van der Waals surface area (Å²) < 4.78 is 18.4. The highest BCUT2D eigenvalue weighted by molar-refractivity contribution is 5.32. The van der Waals surface area contributed by atoms with Gasteiger partial charge in [0.15, 0.2) is 0 Å². The fourth-order valence-corrected chi connectivity index (χ4v) is 1.56. The first-order valence-corrected chi connectivity index (χ1v) is 5.32. The van der Waals surface area contributed by atoms with Crippen LogP contribution in [0.2, 0.25) is 0 Å². The Hall–Kier alpha value is -2.03. The molecule has 0 radical (unpaired) electrons. The fraction of sp³-hybridized carbons (Fsp3) is 0.143. The molecular formula is C14H13FO2. The monoisotopic (exact) mass is 232 g/mol. The van der Waals surface area contributed by atoms with E-state index >= 15 is 0 Å². The maximum Gasteiger partial charge on any atom is 0.123 e. The van der Waals surface area contributed by atoms with Crippen LogP contribution in [0, 0.1) is 12.7 Å². The maximum absolute atomic E-state index is 12.9. The molecule has 2 aromatic carbocycles. The fourth-order valence-electron chi connectivity index (χ4n) is 1.56. The summed E-state index contributed by atoms with van der Waals surface area (Å²) in [6.45, 7) is 2.19. The number of halogens is 1. The minimum Gasteiger partial charge on any atom is -0.508 e. The van der Waals surface area contributed by atoms with Crippen molar-refractivity contribution < 1.29 is 14.2 Å². The van der Waals surface area contributed by atoms with Crippen molar-refractivity contribution in [2.24, 2.45) is 0 Å². The number of benzene rings is 2. The molecule has 0 spiro atoms. The van der Waals surface area contributed by atoms with E-state index < -0.39 is 0 Å². The second-order valence-electron chi connectivity index (χ2n) is 3.86. The Labute approximate surface area is 99.3 Å². The Bertz CT molecular complexity index is 523. The quantitative estimate of drug-likeness (QED) is 0.878. The zero-order valence-electron chi connectivity index (χ0n) is 9.48. The Balaban J connectivity index is 2.07. The van der Waals surface area contributed by atoms with Crippen LogP contribution in [-0.4, -0.2) is 5.11 Å². The largest absolute Gasteiger partial charge is 0.508 e. The summed E-state index contributed by atoms with van der Waals surface area (Å²) in [5, 5.41) is 9.27. The van der Waals surface area contributed by atoms with Crippen molar-refractivity contribution in [3.63, 3.8) is 0 Å². The van der Waals surface area contributed by atoms with Gasteiger partial charge in [-0.15, -0.1) is 0 Å². The van der Waals surface area contributed by atoms with Crippen molar-refractivity contribution >= 4 is 0 Å². The molecule has 2 rings (SSSR count). The highest BCUT2D eigenvalue weighted by Crippen LogP contribution is 2.19. The summed E-state index contributed by atoms with van der Waals surface area (Å²) in [4.78, 5) is 0. The molecule has 3 heteroatoms. The minimum atomic E-state index is -0.247. The highest BCUT2D eigenvalue weighted by atomic mass is 19.1. The number of aromatic hydroxyl groups is 1. The second-order valence-corrected chi connectivity index (χ2v) is 3.86. The van der Waals surface area contributed by atoms with Crippen molar-refractivity contribution in [3.8, 4) is 11.5 Å². The molecule has 0 aliphatic carbocycles. The van der Waals surface area contributed by atoms with E-state index in [9.17, 15) is 9.50 Å². The Kier molecular flexibility index (Phi) is 3.28. The lowest BCUT2D eigenvalue weighted by Gasteiger charge is -2.08. The molecule has 0 bridgehead atoms. The van der Waals surface area contributed by atoms with Crippen molar-refractivity contribution in [1.29, 1.82) is 0 Å². The summed E-state index contributed by atoms with van der Waals surface area (Å²) >= 11 is 0. The van der Waals surface area contributed by atoms with Crippen molar-refractivity contribution in [2.75, 3.05) is 0 Å². The summed E-state index contributed by atoms with van der Waals surface area (Å²) in [5.41, 5.74) is 1.78. The molecule has 0 saturated carbocycles. The molecule has 0 atom stereocenters. The molecule has 88 valence electrons. The second kappa shape index (κ2) is 4.87. The van der Waals surface area contributed by atoms with E-state index in [2.05, 4.69) is 0 Å². The number of aryl methyl sites for hydroxylation is 1. The molecule has 0 aliphatic rings. The first-order valence-electron chi connectivity index (χ1n) is 5.32. The predicted molar refractivity (Wildman–Crippen MR) is 63.6 cm³/mol. The van der Waals surface area contributed by atoms with Crippen LogP contribution in [0.4, 0.5) is 4.39 Å². The van der Waals surface area contributed by atoms with Crippen molar-refractivity contribution in [1.82, 2.24) is 0 Å². The van der Waals surface area contributed by atoms with E-state index in [1.165, 1.54) is 12.1 Å². The van der Waals surface area contributed by atoms with Crippen LogP contribution in [0.25, 0.3) is 0 Å². The van der Waals surface area contributed by atoms with Crippen LogP contribution in [0.3, 0.4) is 0 Å². The van der Waals surface area contributed by atoms with Crippen LogP contribution in [0.15, 0.2) is 42.5 Å². The summed E-state index contributed by atoms with van der Waals surface area (Å²) in [7, 11) is 0. The molecule has 0 saturated heterocycles. The smallest absolute Gasteiger partial charge is 0.123 e. The standard InChI is InChI=1S/C14H13FO2/c1-10-7-12(15)6-5-11(10)9-17-14-4-2-3-13(16)8-14/h2-8,16H,9H2,1H3. The Morgan fingerprint density at radius 3 is 2.71 bits per heavy atom. The van der Waals surface area contributed by atoms with E-state index in [1.54, 1.807) is 30.3 Å². The number of phenolic OH excluding ortho intramolecular Hbond substituents is 1. The van der Waals surface area contributed by atoms with Gasteiger partial charge in [0, 0.05) is 6.07 Å². The van der Waals surface area contributed by atoms with E-state index in [0.717, 1.165) is 11.1 Å². The van der Waals surface area contributed by atoms with Gasteiger partial charge in [-0.25, -0.2) is 4.39 Å². The summed E-state index contributed by atoms with van der Waals surface area (Å²) in [6.07, 6.45) is 0. The zero-order valence-corrected chi connectivity index (χ0v) is 9.48. The lowest BCUT2D eigenvalue weighted by molar-refractivity contribution is 0.303. The summed E-state index contributed by atoms with van der Waals surface area (Å²) in [6, 6.07) is 11.2. The molecule has 17 heavy (non-hydrogen) atoms. The van der Waals surface area contributed by atoms with Gasteiger partial charge in [-0.05, 0) is 42.3 Å². The minimum absolute atomic E-state index is 0.165. The van der Waals surface area contributed by atoms with E-state index in [0.29, 0.717) is 12.4 Å². The third-order valence-electron chi connectivity index (χ3n) is 2.52. The maximum atomic E-state index is 12.9. The van der Waals surface area contributed by atoms with Crippen LogP contribution < -0.4 is 4.74 Å². The molecule has 1 N–H and O–H groups in total. The van der Waals surface area contributed by atoms with Crippen molar-refractivity contribution in [3.05, 3.63) is 59.4 Å². The molecule has 0 aliphatic heterocycles. The Morgan fingerprint density at radius 1 is 1.18 bits per heavy atom. The number of phenols is 1. The van der Waals surface area contributed by atoms with Gasteiger partial charge < -0.3 is 9.84 Å². The van der Waals surface area contributed by atoms with E-state index in [1.807, 2.05) is 6.92 Å². The highest BCUT2D eigenvalue weighted by Gasteiger charge is 2.01. The molecule has 0 fully saturated rings. The molecule has 2 aromatic rings. The first kappa shape index (κ1) is 11.5. The molecule has 2 nitrogen and oxygen atoms in total. The van der Waals surface area contributed by atoms with Crippen LogP contribution >= 0.6 is 0 Å². The van der Waals surface area contributed by atoms with Gasteiger partial charge in [0.05, 0.1) is 0 Å². The first-order chi connectivity index (χ1) is 8.15. The van der Waals surface area contributed by atoms with Crippen LogP contribution in [0.1, 0.15) is 11.1 Å². The predicted octanol–water partition coefficient (Wildman–Crippen LogP) is 3.42. The van der Waals surface area contributed by atoms with Crippen molar-refractivity contribution in [2.45, 2.75) is 13.5 Å². The Morgan fingerprint density at radius 2 is 2.00 bits per heavy atom. The van der Waals surface area contributed by atoms with Gasteiger partial charge in [0.2, 0.25) is 0 Å². The summed E-state index contributed by atoms with van der Waals surface area (Å²) in [5.74, 6) is 0.510. The molecule has 0 unspecified atom stereocenters. The van der Waals surface area contributed by atoms with Crippen LogP contribution in [0.5, 0.6) is 11.5 Å². The molecule has 0 heterocycles. The van der Waals surface area contributed by atoms with Gasteiger partial charge in [-0.2, -0.15) is 0 Å². The number of hydrogen-bond acceptors (Lipinski definition) is 2. The van der Waals surface area contributed by atoms with E-state index in [-0.39, 0.29) is 11.6 Å². The van der Waals surface area contributed by atoms with Gasteiger partial charge in [0.25, 0.3) is 0 Å². The zero-order chi connectivity index (χ0) is 12.3. The molecular weight excluding hydrogens is 219 g/mol.